The van der Waals surface area contributed by atoms with Crippen LogP contribution in [0.1, 0.15) is 33.1 Å². The van der Waals surface area contributed by atoms with Crippen molar-refractivity contribution >= 4 is 0 Å². The molecule has 0 aliphatic heterocycles. The van der Waals surface area contributed by atoms with Crippen molar-refractivity contribution < 1.29 is 0 Å². The first-order valence-corrected chi connectivity index (χ1v) is 4.85. The van der Waals surface area contributed by atoms with Gasteiger partial charge in [0.25, 0.3) is 0 Å². The maximum absolute atomic E-state index is 6.06. The Hall–Kier alpha value is -0.0800. The predicted octanol–water partition coefficient (Wildman–Crippen LogP) is 1.45. The van der Waals surface area contributed by atoms with E-state index < -0.39 is 0 Å². The smallest absolute Gasteiger partial charge is 0.00954 e. The first-order chi connectivity index (χ1) is 5.43. The normalized spacial score (nSPS) is 35.5. The average molecular weight is 170 g/mol. The second kappa shape index (κ2) is 3.35. The number of nitrogens with zero attached hydrogens (tertiary/aromatic N) is 1. The minimum Gasteiger partial charge on any atom is -0.327 e. The van der Waals surface area contributed by atoms with Gasteiger partial charge in [-0.15, -0.1) is 0 Å². The van der Waals surface area contributed by atoms with Gasteiger partial charge in [-0.3, -0.25) is 0 Å². The third-order valence-corrected chi connectivity index (χ3v) is 3.31. The van der Waals surface area contributed by atoms with Crippen molar-refractivity contribution in [2.75, 3.05) is 14.1 Å². The molecule has 2 N–H and O–H groups in total. The van der Waals surface area contributed by atoms with E-state index in [2.05, 4.69) is 32.8 Å². The van der Waals surface area contributed by atoms with Crippen molar-refractivity contribution in [2.24, 2.45) is 11.1 Å². The van der Waals surface area contributed by atoms with Gasteiger partial charge in [-0.25, -0.2) is 0 Å². The summed E-state index contributed by atoms with van der Waals surface area (Å²) < 4.78 is 0. The van der Waals surface area contributed by atoms with E-state index in [1.807, 2.05) is 0 Å². The van der Waals surface area contributed by atoms with Crippen LogP contribution < -0.4 is 5.73 Å². The molecule has 0 bridgehead atoms. The van der Waals surface area contributed by atoms with E-state index in [1.165, 1.54) is 19.3 Å². The largest absolute Gasteiger partial charge is 0.327 e. The molecule has 0 aromatic carbocycles. The highest BCUT2D eigenvalue weighted by Crippen LogP contribution is 2.35. The third-order valence-electron chi connectivity index (χ3n) is 3.31. The van der Waals surface area contributed by atoms with Crippen LogP contribution in [0, 0.1) is 5.41 Å². The van der Waals surface area contributed by atoms with E-state index >= 15 is 0 Å². The van der Waals surface area contributed by atoms with Gasteiger partial charge < -0.3 is 10.6 Å². The highest BCUT2D eigenvalue weighted by Gasteiger charge is 2.34. The number of hydrogen-bond donors (Lipinski definition) is 1. The van der Waals surface area contributed by atoms with Gasteiger partial charge in [-0.2, -0.15) is 0 Å². The third kappa shape index (κ3) is 1.99. The van der Waals surface area contributed by atoms with Gasteiger partial charge >= 0.3 is 0 Å². The first-order valence-electron chi connectivity index (χ1n) is 4.85. The molecule has 0 aromatic rings. The minimum atomic E-state index is 0.327. The summed E-state index contributed by atoms with van der Waals surface area (Å²) in [4.78, 5) is 2.33. The fourth-order valence-electron chi connectivity index (χ4n) is 2.06. The van der Waals surface area contributed by atoms with Crippen molar-refractivity contribution in [2.45, 2.75) is 45.2 Å². The van der Waals surface area contributed by atoms with Crippen molar-refractivity contribution in [3.63, 3.8) is 0 Å². The summed E-state index contributed by atoms with van der Waals surface area (Å²) in [6.07, 6.45) is 3.68. The predicted molar refractivity (Wildman–Crippen MR) is 53.1 cm³/mol. The van der Waals surface area contributed by atoms with Crippen LogP contribution in [-0.4, -0.2) is 31.1 Å². The molecule has 0 heterocycles. The van der Waals surface area contributed by atoms with E-state index in [-0.39, 0.29) is 0 Å². The lowest BCUT2D eigenvalue weighted by molar-refractivity contribution is 0.111. The zero-order chi connectivity index (χ0) is 9.35. The maximum Gasteiger partial charge on any atom is 0.00954 e. The maximum atomic E-state index is 6.06. The Morgan fingerprint density at radius 2 is 1.83 bits per heavy atom. The van der Waals surface area contributed by atoms with Crippen LogP contribution in [0.25, 0.3) is 0 Å². The molecule has 0 saturated heterocycles. The molecule has 1 saturated carbocycles. The number of hydrogen-bond acceptors (Lipinski definition) is 2. The highest BCUT2D eigenvalue weighted by molar-refractivity contribution is 4.91. The van der Waals surface area contributed by atoms with Crippen LogP contribution in [0.2, 0.25) is 0 Å². The van der Waals surface area contributed by atoms with Crippen LogP contribution in [0.4, 0.5) is 0 Å². The van der Waals surface area contributed by atoms with Crippen LogP contribution in [0.5, 0.6) is 0 Å². The van der Waals surface area contributed by atoms with Crippen molar-refractivity contribution in [1.82, 2.24) is 4.90 Å². The summed E-state index contributed by atoms with van der Waals surface area (Å²) >= 11 is 0. The van der Waals surface area contributed by atoms with Gasteiger partial charge in [0, 0.05) is 12.1 Å². The quantitative estimate of drug-likeness (QED) is 0.645. The van der Waals surface area contributed by atoms with Crippen LogP contribution >= 0.6 is 0 Å². The summed E-state index contributed by atoms with van der Waals surface area (Å²) in [7, 11) is 4.33. The van der Waals surface area contributed by atoms with E-state index in [0.29, 0.717) is 11.5 Å². The molecule has 0 amide bonds. The van der Waals surface area contributed by atoms with E-state index in [1.54, 1.807) is 0 Å². The summed E-state index contributed by atoms with van der Waals surface area (Å²) in [5.74, 6) is 0. The SMILES string of the molecule is CN(C)[C@@H]1CC[C@H](N)C(C)(C)C1. The van der Waals surface area contributed by atoms with Crippen LogP contribution in [-0.2, 0) is 0 Å². The van der Waals surface area contributed by atoms with Gasteiger partial charge in [-0.05, 0) is 38.8 Å². The molecule has 0 spiro atoms. The fraction of sp³-hybridized carbons (Fsp3) is 1.00. The Kier molecular flexibility index (Phi) is 2.79. The second-order valence-corrected chi connectivity index (χ2v) is 4.99. The van der Waals surface area contributed by atoms with Gasteiger partial charge in [0.2, 0.25) is 0 Å². The van der Waals surface area contributed by atoms with E-state index in [4.69, 9.17) is 5.73 Å². The second-order valence-electron chi connectivity index (χ2n) is 4.99. The molecular formula is C10H22N2. The Balaban J connectivity index is 2.57. The molecule has 2 atom stereocenters. The average Bonchev–Trinajstić information content (AvgIpc) is 1.94. The van der Waals surface area contributed by atoms with Gasteiger partial charge in [-0.1, -0.05) is 13.8 Å². The molecule has 2 nitrogen and oxygen atoms in total. The van der Waals surface area contributed by atoms with E-state index in [0.717, 1.165) is 6.04 Å². The monoisotopic (exact) mass is 170 g/mol. The van der Waals surface area contributed by atoms with E-state index in [9.17, 15) is 0 Å². The number of rotatable bonds is 1. The molecule has 1 fully saturated rings. The molecule has 12 heavy (non-hydrogen) atoms. The molecule has 1 aliphatic carbocycles. The van der Waals surface area contributed by atoms with Crippen LogP contribution in [0.15, 0.2) is 0 Å². The molecular weight excluding hydrogens is 148 g/mol. The van der Waals surface area contributed by atoms with Gasteiger partial charge in [0.05, 0.1) is 0 Å². The Labute approximate surface area is 76.1 Å². The summed E-state index contributed by atoms with van der Waals surface area (Å²) in [6.45, 7) is 4.57. The topological polar surface area (TPSA) is 29.3 Å². The van der Waals surface area contributed by atoms with Gasteiger partial charge in [0.15, 0.2) is 0 Å². The molecule has 0 radical (unpaired) electrons. The van der Waals surface area contributed by atoms with Crippen LogP contribution in [0.3, 0.4) is 0 Å². The van der Waals surface area contributed by atoms with Crippen molar-refractivity contribution in [3.8, 4) is 0 Å². The zero-order valence-electron chi connectivity index (χ0n) is 8.80. The van der Waals surface area contributed by atoms with Crippen molar-refractivity contribution in [1.29, 1.82) is 0 Å². The molecule has 72 valence electrons. The molecule has 2 heteroatoms. The summed E-state index contributed by atoms with van der Waals surface area (Å²) in [5, 5.41) is 0. The number of nitrogens with two attached hydrogens (primary N) is 1. The fourth-order valence-corrected chi connectivity index (χ4v) is 2.06. The summed E-state index contributed by atoms with van der Waals surface area (Å²) in [6, 6.07) is 1.13. The molecule has 0 aromatic heterocycles. The Bertz CT molecular complexity index is 152. The molecule has 1 aliphatic rings. The first kappa shape index (κ1) is 10.0. The van der Waals surface area contributed by atoms with Gasteiger partial charge in [0.1, 0.15) is 0 Å². The lowest BCUT2D eigenvalue weighted by Gasteiger charge is -2.42. The zero-order valence-corrected chi connectivity index (χ0v) is 8.80. The molecule has 1 rings (SSSR count). The lowest BCUT2D eigenvalue weighted by atomic mass is 9.71. The standard InChI is InChI=1S/C10H22N2/c1-10(2)7-8(12(3)4)5-6-9(10)11/h8-9H,5-7,11H2,1-4H3/t8-,9+/m1/s1. The molecule has 0 unspecified atom stereocenters. The summed E-state index contributed by atoms with van der Waals surface area (Å²) in [5.41, 5.74) is 6.38. The highest BCUT2D eigenvalue weighted by atomic mass is 15.1. The lowest BCUT2D eigenvalue weighted by Crippen LogP contribution is -2.47. The van der Waals surface area contributed by atoms with Crippen molar-refractivity contribution in [3.05, 3.63) is 0 Å². The minimum absolute atomic E-state index is 0.327. The Morgan fingerprint density at radius 3 is 2.25 bits per heavy atom. The Morgan fingerprint density at radius 1 is 1.25 bits per heavy atom.